The summed E-state index contributed by atoms with van der Waals surface area (Å²) >= 11 is 1.37. The van der Waals surface area contributed by atoms with Gasteiger partial charge in [-0.05, 0) is 31.0 Å². The summed E-state index contributed by atoms with van der Waals surface area (Å²) in [5.41, 5.74) is 2.42. The zero-order valence-corrected chi connectivity index (χ0v) is 13.1. The van der Waals surface area contributed by atoms with Gasteiger partial charge in [0.2, 0.25) is 10.0 Å². The normalized spacial score (nSPS) is 22.0. The van der Waals surface area contributed by atoms with Crippen LogP contribution in [0.25, 0.3) is 10.2 Å². The Morgan fingerprint density at radius 1 is 1.41 bits per heavy atom. The predicted molar refractivity (Wildman–Crippen MR) is 83.2 cm³/mol. The molecule has 22 heavy (non-hydrogen) atoms. The number of aromatic nitrogens is 1. The number of rotatable bonds is 4. The Morgan fingerprint density at radius 3 is 3.00 bits per heavy atom. The van der Waals surface area contributed by atoms with E-state index in [-0.39, 0.29) is 11.3 Å². The van der Waals surface area contributed by atoms with Crippen LogP contribution in [0, 0.1) is 5.92 Å². The molecule has 0 bridgehead atoms. The molecule has 0 saturated carbocycles. The maximum atomic E-state index is 12.4. The van der Waals surface area contributed by atoms with E-state index in [4.69, 9.17) is 5.11 Å². The first-order chi connectivity index (χ1) is 10.5. The summed E-state index contributed by atoms with van der Waals surface area (Å²) in [4.78, 5) is 15.3. The third-order valence-electron chi connectivity index (χ3n) is 3.60. The summed E-state index contributed by atoms with van der Waals surface area (Å²) in [5, 5.41) is 9.05. The van der Waals surface area contributed by atoms with Gasteiger partial charge < -0.3 is 5.11 Å². The number of allylic oxidation sites excluding steroid dienone is 1. The lowest BCUT2D eigenvalue weighted by atomic mass is 9.92. The summed E-state index contributed by atoms with van der Waals surface area (Å²) in [5.74, 6) is -1.46. The monoisotopic (exact) mass is 338 g/mol. The van der Waals surface area contributed by atoms with Crippen molar-refractivity contribution in [1.82, 2.24) is 9.71 Å². The number of thiazole rings is 1. The lowest BCUT2D eigenvalue weighted by Gasteiger charge is -2.22. The zero-order valence-electron chi connectivity index (χ0n) is 11.5. The van der Waals surface area contributed by atoms with E-state index in [1.807, 2.05) is 0 Å². The fourth-order valence-electron chi connectivity index (χ4n) is 2.45. The Balaban J connectivity index is 1.82. The topological polar surface area (TPSA) is 96.4 Å². The summed E-state index contributed by atoms with van der Waals surface area (Å²) < 4.78 is 28.2. The van der Waals surface area contributed by atoms with Crippen molar-refractivity contribution in [1.29, 1.82) is 0 Å². The third kappa shape index (κ3) is 3.03. The lowest BCUT2D eigenvalue weighted by Crippen LogP contribution is -2.37. The molecule has 0 radical (unpaired) electrons. The van der Waals surface area contributed by atoms with Crippen molar-refractivity contribution in [3.63, 3.8) is 0 Å². The highest BCUT2D eigenvalue weighted by Crippen LogP contribution is 2.24. The first kappa shape index (κ1) is 15.1. The van der Waals surface area contributed by atoms with Crippen molar-refractivity contribution in [3.05, 3.63) is 35.9 Å². The van der Waals surface area contributed by atoms with Crippen LogP contribution in [0.15, 0.2) is 40.8 Å². The molecule has 0 aliphatic heterocycles. The Labute approximate surface area is 131 Å². The molecule has 1 aromatic carbocycles. The Hall–Kier alpha value is -1.77. The van der Waals surface area contributed by atoms with Crippen LogP contribution >= 0.6 is 11.3 Å². The SMILES string of the molecule is O=C(O)[C@@H]1CC=C[C@@H](NS(=O)(=O)c2ccc3ncsc3c2)C1. The molecule has 1 aliphatic rings. The average Bonchev–Trinajstić information content (AvgIpc) is 2.94. The van der Waals surface area contributed by atoms with E-state index in [2.05, 4.69) is 9.71 Å². The van der Waals surface area contributed by atoms with E-state index in [1.54, 1.807) is 29.8 Å². The molecule has 0 amide bonds. The maximum absolute atomic E-state index is 12.4. The first-order valence-corrected chi connectivity index (χ1v) is 9.07. The van der Waals surface area contributed by atoms with Crippen molar-refractivity contribution in [3.8, 4) is 0 Å². The molecule has 6 nitrogen and oxygen atoms in total. The first-order valence-electron chi connectivity index (χ1n) is 6.71. The number of aliphatic carboxylic acids is 1. The number of hydrogen-bond acceptors (Lipinski definition) is 5. The standard InChI is InChI=1S/C14H14N2O4S2/c17-14(18)9-2-1-3-10(6-9)16-22(19,20)11-4-5-12-13(7-11)21-8-15-12/h1,3-5,7-10,16H,2,6H2,(H,17,18)/t9-,10-/m1/s1. The van der Waals surface area contributed by atoms with Gasteiger partial charge in [-0.1, -0.05) is 12.2 Å². The van der Waals surface area contributed by atoms with Gasteiger partial charge in [-0.25, -0.2) is 18.1 Å². The van der Waals surface area contributed by atoms with E-state index in [0.717, 1.165) is 10.2 Å². The van der Waals surface area contributed by atoms with Crippen LogP contribution in [0.3, 0.4) is 0 Å². The highest BCUT2D eigenvalue weighted by atomic mass is 32.2. The van der Waals surface area contributed by atoms with E-state index >= 15 is 0 Å². The molecule has 1 aromatic heterocycles. The van der Waals surface area contributed by atoms with E-state index < -0.39 is 28.0 Å². The summed E-state index contributed by atoms with van der Waals surface area (Å²) in [6.45, 7) is 0. The van der Waals surface area contributed by atoms with Crippen LogP contribution in [-0.4, -0.2) is 30.5 Å². The van der Waals surface area contributed by atoms with Gasteiger partial charge in [0.05, 0.1) is 26.5 Å². The number of carboxylic acids is 1. The van der Waals surface area contributed by atoms with Crippen molar-refractivity contribution < 1.29 is 18.3 Å². The van der Waals surface area contributed by atoms with Crippen molar-refractivity contribution in [2.75, 3.05) is 0 Å². The highest BCUT2D eigenvalue weighted by molar-refractivity contribution is 7.89. The zero-order chi connectivity index (χ0) is 15.7. The van der Waals surface area contributed by atoms with Crippen LogP contribution in [0.2, 0.25) is 0 Å². The van der Waals surface area contributed by atoms with Gasteiger partial charge in [-0.15, -0.1) is 11.3 Å². The van der Waals surface area contributed by atoms with Crippen LogP contribution in [-0.2, 0) is 14.8 Å². The molecule has 1 heterocycles. The van der Waals surface area contributed by atoms with Gasteiger partial charge in [0.15, 0.2) is 0 Å². The number of benzene rings is 1. The van der Waals surface area contributed by atoms with Crippen LogP contribution in [0.5, 0.6) is 0 Å². The minimum absolute atomic E-state index is 0.162. The smallest absolute Gasteiger partial charge is 0.306 e. The molecule has 2 atom stereocenters. The van der Waals surface area contributed by atoms with E-state index in [1.165, 1.54) is 17.4 Å². The Bertz CT molecular complexity index is 841. The van der Waals surface area contributed by atoms with Gasteiger partial charge in [0.1, 0.15) is 0 Å². The van der Waals surface area contributed by atoms with Crippen LogP contribution in [0.4, 0.5) is 0 Å². The quantitative estimate of drug-likeness (QED) is 0.831. The molecule has 1 aliphatic carbocycles. The number of hydrogen-bond donors (Lipinski definition) is 2. The second kappa shape index (κ2) is 5.79. The van der Waals surface area contributed by atoms with Crippen molar-refractivity contribution in [2.24, 2.45) is 5.92 Å². The summed E-state index contributed by atoms with van der Waals surface area (Å²) in [6, 6.07) is 4.25. The second-order valence-corrected chi connectivity index (χ2v) is 7.74. The molecule has 0 spiro atoms. The molecule has 2 aromatic rings. The maximum Gasteiger partial charge on any atom is 0.306 e. The Kier molecular flexibility index (Phi) is 3.98. The van der Waals surface area contributed by atoms with Crippen molar-refractivity contribution >= 4 is 37.5 Å². The largest absolute Gasteiger partial charge is 0.481 e. The van der Waals surface area contributed by atoms with Gasteiger partial charge in [0.25, 0.3) is 0 Å². The molecule has 8 heteroatoms. The number of fused-ring (bicyclic) bond motifs is 1. The van der Waals surface area contributed by atoms with E-state index in [0.29, 0.717) is 6.42 Å². The molecule has 116 valence electrons. The van der Waals surface area contributed by atoms with Crippen LogP contribution < -0.4 is 4.72 Å². The Morgan fingerprint density at radius 2 is 2.23 bits per heavy atom. The average molecular weight is 338 g/mol. The summed E-state index contributed by atoms with van der Waals surface area (Å²) in [7, 11) is -3.69. The van der Waals surface area contributed by atoms with Crippen molar-refractivity contribution in [2.45, 2.75) is 23.8 Å². The third-order valence-corrected chi connectivity index (χ3v) is 5.88. The fraction of sp³-hybridized carbons (Fsp3) is 0.286. The minimum atomic E-state index is -3.69. The molecule has 3 rings (SSSR count). The fourth-order valence-corrected chi connectivity index (χ4v) is 4.47. The second-order valence-electron chi connectivity index (χ2n) is 5.14. The van der Waals surface area contributed by atoms with Crippen LogP contribution in [0.1, 0.15) is 12.8 Å². The molecule has 0 fully saturated rings. The molecule has 0 saturated heterocycles. The lowest BCUT2D eigenvalue weighted by molar-refractivity contribution is -0.142. The molecule has 0 unspecified atom stereocenters. The minimum Gasteiger partial charge on any atom is -0.481 e. The van der Waals surface area contributed by atoms with E-state index in [9.17, 15) is 13.2 Å². The molecular formula is C14H14N2O4S2. The number of nitrogens with zero attached hydrogens (tertiary/aromatic N) is 1. The number of sulfonamides is 1. The summed E-state index contributed by atoms with van der Waals surface area (Å²) in [6.07, 6.45) is 4.11. The number of nitrogens with one attached hydrogen (secondary N) is 1. The molecular weight excluding hydrogens is 324 g/mol. The van der Waals surface area contributed by atoms with Gasteiger partial charge >= 0.3 is 5.97 Å². The molecule has 2 N–H and O–H groups in total. The highest BCUT2D eigenvalue weighted by Gasteiger charge is 2.27. The van der Waals surface area contributed by atoms with Gasteiger partial charge in [0, 0.05) is 6.04 Å². The predicted octanol–water partition coefficient (Wildman–Crippen LogP) is 1.99. The number of carbonyl (C=O) groups is 1. The van der Waals surface area contributed by atoms with Gasteiger partial charge in [-0.3, -0.25) is 4.79 Å². The number of carboxylic acid groups (broad SMARTS) is 1. The van der Waals surface area contributed by atoms with Gasteiger partial charge in [-0.2, -0.15) is 0 Å².